The maximum atomic E-state index is 3.64. The van der Waals surface area contributed by atoms with Crippen LogP contribution in [0.4, 0.5) is 0 Å². The van der Waals surface area contributed by atoms with Gasteiger partial charge in [-0.2, -0.15) is 23.1 Å². The minimum atomic E-state index is 0. The number of hydrogen-bond acceptors (Lipinski definition) is 4. The minimum Gasteiger partial charge on any atom is -0.325 e. The second-order valence-corrected chi connectivity index (χ2v) is 2.59. The molecule has 0 bridgehead atoms. The Kier molecular flexibility index (Phi) is 22.6. The maximum Gasteiger partial charge on any atom is 2.00 e. The molecule has 7 heteroatoms. The Morgan fingerprint density at radius 3 is 1.31 bits per heavy atom. The first-order valence-electron chi connectivity index (χ1n) is 2.53. The van der Waals surface area contributed by atoms with Crippen molar-refractivity contribution in [2.24, 2.45) is 0 Å². The smallest absolute Gasteiger partial charge is 0.325 e. The number of halogens is 2. The molecule has 0 aliphatic heterocycles. The molecular weight excluding hydrogens is 383 g/mol. The summed E-state index contributed by atoms with van der Waals surface area (Å²) in [5.41, 5.74) is 0. The van der Waals surface area contributed by atoms with Crippen LogP contribution < -0.4 is 0 Å². The van der Waals surface area contributed by atoms with Crippen LogP contribution in [0, 0.1) is 12.4 Å². The van der Waals surface area contributed by atoms with Crippen molar-refractivity contribution < 1.29 is 16.5 Å². The fraction of sp³-hybridized carbons (Fsp3) is 0. The molecule has 0 N–H and O–H groups in total. The molecular formula is C6H6Br2N2NiS2. The first-order chi connectivity index (χ1) is 5.00. The molecule has 2 nitrogen and oxygen atoms in total. The fourth-order valence-electron chi connectivity index (χ4n) is 0.304. The van der Waals surface area contributed by atoms with Gasteiger partial charge in [0.05, 0.1) is 0 Å². The number of rotatable bonds is 0. The van der Waals surface area contributed by atoms with Crippen molar-refractivity contribution in [1.82, 2.24) is 8.75 Å². The zero-order valence-electron chi connectivity index (χ0n) is 6.15. The summed E-state index contributed by atoms with van der Waals surface area (Å²) < 4.78 is 7.28. The van der Waals surface area contributed by atoms with E-state index in [2.05, 4.69) is 21.1 Å². The molecule has 13 heavy (non-hydrogen) atoms. The first kappa shape index (κ1) is 19.3. The number of hydrogen-bond donors (Lipinski definition) is 0. The number of nitrogens with zero attached hydrogens (tertiary/aromatic N) is 2. The van der Waals surface area contributed by atoms with Crippen LogP contribution in [0.25, 0.3) is 0 Å². The predicted octanol–water partition coefficient (Wildman–Crippen LogP) is 3.04. The van der Waals surface area contributed by atoms with Crippen molar-refractivity contribution in [3.05, 3.63) is 35.3 Å². The summed E-state index contributed by atoms with van der Waals surface area (Å²) in [5, 5.41) is 3.75. The van der Waals surface area contributed by atoms with Gasteiger partial charge >= 0.3 is 16.5 Å². The Morgan fingerprint density at radius 2 is 1.23 bits per heavy atom. The van der Waals surface area contributed by atoms with Crippen LogP contribution in [0.1, 0.15) is 0 Å². The minimum absolute atomic E-state index is 0. The van der Waals surface area contributed by atoms with E-state index < -0.39 is 0 Å². The van der Waals surface area contributed by atoms with Gasteiger partial charge in [-0.25, -0.2) is 12.1 Å². The van der Waals surface area contributed by atoms with Gasteiger partial charge in [0.1, 0.15) is 0 Å². The molecule has 2 aromatic heterocycles. The van der Waals surface area contributed by atoms with E-state index in [0.29, 0.717) is 0 Å². The summed E-state index contributed by atoms with van der Waals surface area (Å²) in [6.07, 6.45) is 5.26. The van der Waals surface area contributed by atoms with Crippen LogP contribution >= 0.6 is 57.0 Å². The summed E-state index contributed by atoms with van der Waals surface area (Å²) in [6.45, 7) is 0. The first-order valence-corrected chi connectivity index (χ1v) is 4.20. The van der Waals surface area contributed by atoms with Crippen molar-refractivity contribution in [2.45, 2.75) is 0 Å². The van der Waals surface area contributed by atoms with Gasteiger partial charge in [0.2, 0.25) is 0 Å². The molecule has 0 spiro atoms. The van der Waals surface area contributed by atoms with Crippen molar-refractivity contribution >= 4 is 57.0 Å². The topological polar surface area (TPSA) is 25.8 Å². The van der Waals surface area contributed by atoms with E-state index >= 15 is 0 Å². The van der Waals surface area contributed by atoms with Gasteiger partial charge in [-0.1, -0.05) is 0 Å². The van der Waals surface area contributed by atoms with Gasteiger partial charge in [0.25, 0.3) is 0 Å². The van der Waals surface area contributed by atoms with Crippen LogP contribution in [0.3, 0.4) is 0 Å². The summed E-state index contributed by atoms with van der Waals surface area (Å²) in [6, 6.07) is 3.56. The average molecular weight is 389 g/mol. The molecule has 0 aromatic carbocycles. The molecule has 2 aromatic rings. The molecule has 76 valence electrons. The molecule has 0 saturated carbocycles. The zero-order chi connectivity index (χ0) is 7.07. The second-order valence-electron chi connectivity index (χ2n) is 1.26. The third-order valence-electron chi connectivity index (χ3n) is 0.618. The summed E-state index contributed by atoms with van der Waals surface area (Å²) in [4.78, 5) is 0. The van der Waals surface area contributed by atoms with Gasteiger partial charge in [0, 0.05) is 0 Å². The van der Waals surface area contributed by atoms with Gasteiger partial charge in [-0.15, -0.1) is 57.1 Å². The summed E-state index contributed by atoms with van der Waals surface area (Å²) >= 11 is 2.81. The Morgan fingerprint density at radius 1 is 0.846 bits per heavy atom. The molecule has 0 atom stereocenters. The van der Waals surface area contributed by atoms with E-state index in [1.165, 1.54) is 23.1 Å². The standard InChI is InChI=1S/2C3H2NS.2BrH.Ni/c2*1-2-4-5-3-1;;;/h2*1,3H;2*1H;/q2*-1;;;+2. The average Bonchev–Trinajstić information content (AvgIpc) is 2.67. The molecule has 0 amide bonds. The van der Waals surface area contributed by atoms with Gasteiger partial charge < -0.3 is 8.75 Å². The molecule has 2 rings (SSSR count). The molecule has 2 heterocycles. The Balaban J connectivity index is -0.000000125. The quantitative estimate of drug-likeness (QED) is 0.512. The van der Waals surface area contributed by atoms with Crippen molar-refractivity contribution in [1.29, 1.82) is 0 Å². The van der Waals surface area contributed by atoms with E-state index in [1.54, 1.807) is 12.1 Å². The molecule has 0 aliphatic carbocycles. The summed E-state index contributed by atoms with van der Waals surface area (Å²) in [5.74, 6) is 0. The SMILES string of the molecule is Br.Br.[Ni+2].[c-]1ccsn1.[c-]1ccsn1. The zero-order valence-corrected chi connectivity index (χ0v) is 12.2. The van der Waals surface area contributed by atoms with E-state index in [-0.39, 0.29) is 50.5 Å². The van der Waals surface area contributed by atoms with E-state index in [1.807, 2.05) is 10.8 Å². The molecule has 0 saturated heterocycles. The van der Waals surface area contributed by atoms with Crippen molar-refractivity contribution in [3.63, 3.8) is 0 Å². The molecule has 0 radical (unpaired) electrons. The third-order valence-corrected chi connectivity index (χ3v) is 1.55. The van der Waals surface area contributed by atoms with Crippen LogP contribution in [-0.4, -0.2) is 8.75 Å². The van der Waals surface area contributed by atoms with Crippen LogP contribution in [-0.2, 0) is 16.5 Å². The van der Waals surface area contributed by atoms with E-state index in [9.17, 15) is 0 Å². The number of aromatic nitrogens is 2. The maximum absolute atomic E-state index is 3.64. The van der Waals surface area contributed by atoms with Gasteiger partial charge in [0.15, 0.2) is 0 Å². The molecule has 0 aliphatic rings. The predicted molar refractivity (Wildman–Crippen MR) is 62.5 cm³/mol. The second kappa shape index (κ2) is 15.2. The van der Waals surface area contributed by atoms with E-state index in [0.717, 1.165) is 0 Å². The Hall–Kier alpha value is 0.714. The van der Waals surface area contributed by atoms with Crippen molar-refractivity contribution in [3.8, 4) is 0 Å². The Bertz CT molecular complexity index is 166. The molecule has 0 unspecified atom stereocenters. The van der Waals surface area contributed by atoms with Crippen LogP contribution in [0.5, 0.6) is 0 Å². The fourth-order valence-corrected chi connectivity index (χ4v) is 0.913. The van der Waals surface area contributed by atoms with Crippen molar-refractivity contribution in [2.75, 3.05) is 0 Å². The largest absolute Gasteiger partial charge is 2.00 e. The van der Waals surface area contributed by atoms with Gasteiger partial charge in [-0.3, -0.25) is 0 Å². The third kappa shape index (κ3) is 12.7. The monoisotopic (exact) mass is 386 g/mol. The molecule has 0 fully saturated rings. The Labute approximate surface area is 117 Å². The van der Waals surface area contributed by atoms with E-state index in [4.69, 9.17) is 0 Å². The van der Waals surface area contributed by atoms with Crippen LogP contribution in [0.2, 0.25) is 0 Å². The van der Waals surface area contributed by atoms with Crippen LogP contribution in [0.15, 0.2) is 22.9 Å². The van der Waals surface area contributed by atoms with Gasteiger partial charge in [-0.05, 0) is 0 Å². The summed E-state index contributed by atoms with van der Waals surface area (Å²) in [7, 11) is 0. The normalized spacial score (nSPS) is 6.15.